The maximum atomic E-state index is 12.6. The van der Waals surface area contributed by atoms with Crippen LogP contribution in [0.4, 0.5) is 0 Å². The Labute approximate surface area is 161 Å². The van der Waals surface area contributed by atoms with E-state index in [1.54, 1.807) is 36.7 Å². The van der Waals surface area contributed by atoms with E-state index in [1.807, 2.05) is 47.0 Å². The second-order valence-electron chi connectivity index (χ2n) is 5.98. The maximum Gasteiger partial charge on any atom is 0.344 e. The molecule has 0 atom stereocenters. The number of pyridine rings is 2. The SMILES string of the molecule is N#Cc1c(COC(=O)c2cccnc2Oc2ccccc2)cn2ccccc12. The average Bonchev–Trinajstić information content (AvgIpc) is 3.10. The van der Waals surface area contributed by atoms with Crippen LogP contribution in [-0.4, -0.2) is 15.4 Å². The lowest BCUT2D eigenvalue weighted by atomic mass is 10.2. The summed E-state index contributed by atoms with van der Waals surface area (Å²) in [4.78, 5) is 16.8. The van der Waals surface area contributed by atoms with Crippen molar-refractivity contribution in [3.05, 3.63) is 95.9 Å². The second-order valence-corrected chi connectivity index (χ2v) is 5.98. The minimum Gasteiger partial charge on any atom is -0.457 e. The molecule has 0 aliphatic heterocycles. The monoisotopic (exact) mass is 369 g/mol. The molecule has 4 rings (SSSR count). The van der Waals surface area contributed by atoms with Crippen molar-refractivity contribution in [2.45, 2.75) is 6.61 Å². The topological polar surface area (TPSA) is 76.6 Å². The fourth-order valence-electron chi connectivity index (χ4n) is 2.86. The van der Waals surface area contributed by atoms with Crippen molar-refractivity contribution < 1.29 is 14.3 Å². The van der Waals surface area contributed by atoms with Crippen LogP contribution < -0.4 is 4.74 Å². The molecule has 6 nitrogen and oxygen atoms in total. The predicted molar refractivity (Wildman–Crippen MR) is 102 cm³/mol. The molecule has 0 bridgehead atoms. The van der Waals surface area contributed by atoms with E-state index in [0.29, 0.717) is 16.9 Å². The molecule has 6 heteroatoms. The molecule has 0 fully saturated rings. The molecular weight excluding hydrogens is 354 g/mol. The van der Waals surface area contributed by atoms with E-state index in [2.05, 4.69) is 11.1 Å². The number of esters is 1. The molecule has 0 saturated carbocycles. The van der Waals surface area contributed by atoms with E-state index >= 15 is 0 Å². The molecule has 0 amide bonds. The Kier molecular flexibility index (Phi) is 4.72. The van der Waals surface area contributed by atoms with Crippen molar-refractivity contribution in [2.24, 2.45) is 0 Å². The quantitative estimate of drug-likeness (QED) is 0.489. The van der Waals surface area contributed by atoms with Crippen LogP contribution in [0.25, 0.3) is 5.52 Å². The van der Waals surface area contributed by atoms with E-state index in [9.17, 15) is 10.1 Å². The van der Waals surface area contributed by atoms with Gasteiger partial charge in [0, 0.05) is 24.2 Å². The van der Waals surface area contributed by atoms with E-state index in [4.69, 9.17) is 9.47 Å². The molecule has 4 aromatic rings. The zero-order chi connectivity index (χ0) is 19.3. The van der Waals surface area contributed by atoms with E-state index in [-0.39, 0.29) is 18.1 Å². The smallest absolute Gasteiger partial charge is 0.344 e. The number of nitriles is 1. The molecule has 136 valence electrons. The van der Waals surface area contributed by atoms with Crippen LogP contribution >= 0.6 is 0 Å². The number of fused-ring (bicyclic) bond motifs is 1. The molecule has 0 spiro atoms. The largest absolute Gasteiger partial charge is 0.457 e. The van der Waals surface area contributed by atoms with Gasteiger partial charge in [0.25, 0.3) is 0 Å². The molecule has 28 heavy (non-hydrogen) atoms. The molecule has 3 aromatic heterocycles. The summed E-state index contributed by atoms with van der Waals surface area (Å²) < 4.78 is 13.0. The number of nitrogens with zero attached hydrogens (tertiary/aromatic N) is 3. The van der Waals surface area contributed by atoms with Crippen LogP contribution in [0, 0.1) is 11.3 Å². The van der Waals surface area contributed by atoms with Gasteiger partial charge >= 0.3 is 5.97 Å². The van der Waals surface area contributed by atoms with Crippen LogP contribution in [0.3, 0.4) is 0 Å². The van der Waals surface area contributed by atoms with Crippen LogP contribution in [-0.2, 0) is 11.3 Å². The van der Waals surface area contributed by atoms with Gasteiger partial charge in [-0.2, -0.15) is 5.26 Å². The predicted octanol–water partition coefficient (Wildman–Crippen LogP) is 4.36. The molecule has 0 unspecified atom stereocenters. The van der Waals surface area contributed by atoms with Gasteiger partial charge in [-0.3, -0.25) is 0 Å². The lowest BCUT2D eigenvalue weighted by molar-refractivity contribution is 0.0469. The van der Waals surface area contributed by atoms with Crippen molar-refractivity contribution in [1.29, 1.82) is 5.26 Å². The number of hydrogen-bond acceptors (Lipinski definition) is 5. The average molecular weight is 369 g/mol. The Balaban J connectivity index is 1.55. The standard InChI is InChI=1S/C22H15N3O3/c23-13-19-16(14-25-12-5-4-10-20(19)25)15-27-22(26)18-9-6-11-24-21(18)28-17-7-2-1-3-8-17/h1-12,14H,15H2. The molecule has 1 aromatic carbocycles. The normalized spacial score (nSPS) is 10.4. The van der Waals surface area contributed by atoms with Gasteiger partial charge in [-0.05, 0) is 36.4 Å². The minimum absolute atomic E-state index is 0.0247. The molecule has 0 aliphatic rings. The number of ether oxygens (including phenoxy) is 2. The van der Waals surface area contributed by atoms with E-state index in [1.165, 1.54) is 0 Å². The summed E-state index contributed by atoms with van der Waals surface area (Å²) in [5, 5.41) is 9.46. The van der Waals surface area contributed by atoms with Crippen molar-refractivity contribution in [2.75, 3.05) is 0 Å². The van der Waals surface area contributed by atoms with Crippen LogP contribution in [0.2, 0.25) is 0 Å². The summed E-state index contributed by atoms with van der Waals surface area (Å²) in [5.41, 5.74) is 2.11. The van der Waals surface area contributed by atoms with Crippen LogP contribution in [0.5, 0.6) is 11.6 Å². The van der Waals surface area contributed by atoms with Gasteiger partial charge in [-0.25, -0.2) is 9.78 Å². The summed E-state index contributed by atoms with van der Waals surface area (Å²) in [7, 11) is 0. The lowest BCUT2D eigenvalue weighted by Gasteiger charge is -2.09. The molecule has 0 aliphatic carbocycles. The number of rotatable bonds is 5. The highest BCUT2D eigenvalue weighted by molar-refractivity contribution is 5.92. The van der Waals surface area contributed by atoms with E-state index < -0.39 is 5.97 Å². The van der Waals surface area contributed by atoms with Gasteiger partial charge in [0.05, 0.1) is 11.1 Å². The minimum atomic E-state index is -0.571. The number of hydrogen-bond donors (Lipinski definition) is 0. The van der Waals surface area contributed by atoms with Gasteiger partial charge < -0.3 is 13.9 Å². The highest BCUT2D eigenvalue weighted by atomic mass is 16.5. The first-order valence-corrected chi connectivity index (χ1v) is 8.60. The highest BCUT2D eigenvalue weighted by Gasteiger charge is 2.18. The first kappa shape index (κ1) is 17.3. The summed E-state index contributed by atoms with van der Waals surface area (Å²) >= 11 is 0. The highest BCUT2D eigenvalue weighted by Crippen LogP contribution is 2.24. The fourth-order valence-corrected chi connectivity index (χ4v) is 2.86. The van der Waals surface area contributed by atoms with Crippen LogP contribution in [0.15, 0.2) is 79.3 Å². The Morgan fingerprint density at radius 1 is 1.07 bits per heavy atom. The maximum absolute atomic E-state index is 12.6. The Morgan fingerprint density at radius 3 is 2.71 bits per heavy atom. The van der Waals surface area contributed by atoms with Crippen molar-refractivity contribution >= 4 is 11.5 Å². The van der Waals surface area contributed by atoms with Gasteiger partial charge in [0.1, 0.15) is 24.0 Å². The van der Waals surface area contributed by atoms with Gasteiger partial charge in [0.2, 0.25) is 5.88 Å². The van der Waals surface area contributed by atoms with Crippen molar-refractivity contribution in [3.63, 3.8) is 0 Å². The number of aromatic nitrogens is 2. The van der Waals surface area contributed by atoms with Gasteiger partial charge in [0.15, 0.2) is 0 Å². The van der Waals surface area contributed by atoms with Gasteiger partial charge in [-0.15, -0.1) is 0 Å². The van der Waals surface area contributed by atoms with Gasteiger partial charge in [-0.1, -0.05) is 24.3 Å². The number of carbonyl (C=O) groups excluding carboxylic acids is 1. The number of benzene rings is 1. The van der Waals surface area contributed by atoms with Crippen molar-refractivity contribution in [1.82, 2.24) is 9.38 Å². The molecule has 0 N–H and O–H groups in total. The lowest BCUT2D eigenvalue weighted by Crippen LogP contribution is -2.08. The zero-order valence-corrected chi connectivity index (χ0v) is 14.8. The summed E-state index contributed by atoms with van der Waals surface area (Å²) in [6, 6.07) is 20.1. The Hall–Kier alpha value is -4.11. The third-order valence-electron chi connectivity index (χ3n) is 4.18. The third kappa shape index (κ3) is 3.41. The van der Waals surface area contributed by atoms with Crippen LogP contribution in [0.1, 0.15) is 21.5 Å². The molecule has 3 heterocycles. The van der Waals surface area contributed by atoms with Crippen molar-refractivity contribution in [3.8, 4) is 17.7 Å². The number of para-hydroxylation sites is 1. The second kappa shape index (κ2) is 7.64. The zero-order valence-electron chi connectivity index (χ0n) is 14.8. The Morgan fingerprint density at radius 2 is 1.89 bits per heavy atom. The van der Waals surface area contributed by atoms with E-state index in [0.717, 1.165) is 5.52 Å². The fraction of sp³-hybridized carbons (Fsp3) is 0.0455. The summed E-state index contributed by atoms with van der Waals surface area (Å²) in [5.74, 6) is 0.167. The summed E-state index contributed by atoms with van der Waals surface area (Å²) in [6.07, 6.45) is 5.17. The third-order valence-corrected chi connectivity index (χ3v) is 4.18. The molecular formula is C22H15N3O3. The first-order valence-electron chi connectivity index (χ1n) is 8.60. The first-order chi connectivity index (χ1) is 13.8. The molecule has 0 radical (unpaired) electrons. The Bertz CT molecular complexity index is 1180. The number of carbonyl (C=O) groups is 1. The summed E-state index contributed by atoms with van der Waals surface area (Å²) in [6.45, 7) is -0.0247. The molecule has 0 saturated heterocycles.